The molecule has 1 aromatic carbocycles. The lowest BCUT2D eigenvalue weighted by Gasteiger charge is -2.35. The zero-order valence-corrected chi connectivity index (χ0v) is 8.56. The van der Waals surface area contributed by atoms with Crippen molar-refractivity contribution in [3.05, 3.63) is 66.0 Å². The summed E-state index contributed by atoms with van der Waals surface area (Å²) in [6.45, 7) is 4.04. The van der Waals surface area contributed by atoms with Gasteiger partial charge in [-0.25, -0.2) is 0 Å². The van der Waals surface area contributed by atoms with Crippen molar-refractivity contribution in [1.29, 1.82) is 0 Å². The predicted molar refractivity (Wildman–Crippen MR) is 63.0 cm³/mol. The average molecular weight is 195 g/mol. The standard InChI is InChI=1S/C14H13N/c1-11-6-8-15-9-7-12-4-2-3-5-13(12)14(15)10-11/h2-9,14H,1,10H2. The van der Waals surface area contributed by atoms with E-state index in [4.69, 9.17) is 0 Å². The fraction of sp³-hybridized carbons (Fsp3) is 0.143. The molecule has 2 heterocycles. The lowest BCUT2D eigenvalue weighted by atomic mass is 9.90. The van der Waals surface area contributed by atoms with Crippen molar-refractivity contribution in [2.45, 2.75) is 12.5 Å². The van der Waals surface area contributed by atoms with E-state index in [1.165, 1.54) is 16.7 Å². The second kappa shape index (κ2) is 3.13. The SMILES string of the molecule is C=C1C=CN2C=Cc3ccccc3C2C1. The van der Waals surface area contributed by atoms with E-state index in [1.807, 2.05) is 0 Å². The molecule has 0 N–H and O–H groups in total. The molecule has 0 saturated heterocycles. The third kappa shape index (κ3) is 1.32. The summed E-state index contributed by atoms with van der Waals surface area (Å²) in [4.78, 5) is 2.26. The van der Waals surface area contributed by atoms with Crippen molar-refractivity contribution in [2.24, 2.45) is 0 Å². The van der Waals surface area contributed by atoms with Gasteiger partial charge >= 0.3 is 0 Å². The number of nitrogens with zero attached hydrogens (tertiary/aromatic N) is 1. The molecule has 0 aliphatic carbocycles. The minimum absolute atomic E-state index is 0.448. The second-order valence-electron chi connectivity index (χ2n) is 4.09. The Hall–Kier alpha value is -1.76. The Labute approximate surface area is 90.0 Å². The Bertz CT molecular complexity index is 468. The van der Waals surface area contributed by atoms with Gasteiger partial charge in [-0.1, -0.05) is 36.4 Å². The number of allylic oxidation sites excluding steroid dienone is 1. The van der Waals surface area contributed by atoms with Gasteiger partial charge in [-0.05, 0) is 29.7 Å². The van der Waals surface area contributed by atoms with E-state index in [0.29, 0.717) is 6.04 Å². The number of rotatable bonds is 0. The van der Waals surface area contributed by atoms with E-state index in [2.05, 4.69) is 60.3 Å². The lowest BCUT2D eigenvalue weighted by molar-refractivity contribution is 0.358. The molecule has 15 heavy (non-hydrogen) atoms. The van der Waals surface area contributed by atoms with E-state index < -0.39 is 0 Å². The Morgan fingerprint density at radius 2 is 1.93 bits per heavy atom. The number of benzene rings is 1. The summed E-state index contributed by atoms with van der Waals surface area (Å²) in [6.07, 6.45) is 9.55. The van der Waals surface area contributed by atoms with Crippen molar-refractivity contribution < 1.29 is 0 Å². The molecule has 0 spiro atoms. The summed E-state index contributed by atoms with van der Waals surface area (Å²) >= 11 is 0. The molecule has 2 aliphatic rings. The summed E-state index contributed by atoms with van der Waals surface area (Å²) in [6, 6.07) is 9.03. The summed E-state index contributed by atoms with van der Waals surface area (Å²) < 4.78 is 0. The van der Waals surface area contributed by atoms with E-state index in [0.717, 1.165) is 6.42 Å². The van der Waals surface area contributed by atoms with Gasteiger partial charge in [0.1, 0.15) is 0 Å². The van der Waals surface area contributed by atoms with E-state index >= 15 is 0 Å². The lowest BCUT2D eigenvalue weighted by Crippen LogP contribution is -2.24. The van der Waals surface area contributed by atoms with Crippen LogP contribution in [-0.2, 0) is 0 Å². The van der Waals surface area contributed by atoms with Gasteiger partial charge in [0.2, 0.25) is 0 Å². The van der Waals surface area contributed by atoms with E-state index in [9.17, 15) is 0 Å². The minimum atomic E-state index is 0.448. The highest BCUT2D eigenvalue weighted by atomic mass is 15.1. The van der Waals surface area contributed by atoms with Crippen LogP contribution in [0, 0.1) is 0 Å². The average Bonchev–Trinajstić information content (AvgIpc) is 2.29. The van der Waals surface area contributed by atoms with Crippen LogP contribution in [0.3, 0.4) is 0 Å². The Kier molecular flexibility index (Phi) is 1.78. The fourth-order valence-electron chi connectivity index (χ4n) is 2.27. The van der Waals surface area contributed by atoms with Crippen LogP contribution in [0.5, 0.6) is 0 Å². The topological polar surface area (TPSA) is 3.24 Å². The summed E-state index contributed by atoms with van der Waals surface area (Å²) in [7, 11) is 0. The molecular weight excluding hydrogens is 182 g/mol. The van der Waals surface area contributed by atoms with Gasteiger partial charge in [-0.2, -0.15) is 0 Å². The van der Waals surface area contributed by atoms with Crippen LogP contribution < -0.4 is 0 Å². The van der Waals surface area contributed by atoms with Crippen molar-refractivity contribution in [3.63, 3.8) is 0 Å². The number of hydrogen-bond acceptors (Lipinski definition) is 1. The minimum Gasteiger partial charge on any atom is -0.347 e. The quantitative estimate of drug-likeness (QED) is 0.612. The maximum absolute atomic E-state index is 4.04. The highest BCUT2D eigenvalue weighted by molar-refractivity contribution is 5.58. The van der Waals surface area contributed by atoms with Gasteiger partial charge in [0.15, 0.2) is 0 Å². The normalized spacial score (nSPS) is 22.5. The fourth-order valence-corrected chi connectivity index (χ4v) is 2.27. The molecule has 0 radical (unpaired) electrons. The number of hydrogen-bond donors (Lipinski definition) is 0. The zero-order valence-electron chi connectivity index (χ0n) is 8.56. The van der Waals surface area contributed by atoms with Crippen LogP contribution in [0.1, 0.15) is 23.6 Å². The Morgan fingerprint density at radius 3 is 2.87 bits per heavy atom. The van der Waals surface area contributed by atoms with Crippen LogP contribution in [0.2, 0.25) is 0 Å². The Balaban J connectivity index is 2.11. The molecule has 0 fully saturated rings. The van der Waals surface area contributed by atoms with Gasteiger partial charge in [0, 0.05) is 12.4 Å². The first kappa shape index (κ1) is 8.54. The molecule has 0 saturated carbocycles. The van der Waals surface area contributed by atoms with Crippen LogP contribution in [0.25, 0.3) is 6.08 Å². The zero-order chi connectivity index (χ0) is 10.3. The highest BCUT2D eigenvalue weighted by Gasteiger charge is 2.24. The van der Waals surface area contributed by atoms with E-state index in [-0.39, 0.29) is 0 Å². The van der Waals surface area contributed by atoms with E-state index in [1.54, 1.807) is 0 Å². The molecule has 2 aliphatic heterocycles. The molecule has 1 atom stereocenters. The van der Waals surface area contributed by atoms with Gasteiger partial charge in [-0.15, -0.1) is 0 Å². The first-order chi connectivity index (χ1) is 7.34. The maximum atomic E-state index is 4.04. The van der Waals surface area contributed by atoms with Gasteiger partial charge in [0.05, 0.1) is 6.04 Å². The maximum Gasteiger partial charge on any atom is 0.0625 e. The van der Waals surface area contributed by atoms with Gasteiger partial charge < -0.3 is 4.90 Å². The van der Waals surface area contributed by atoms with Gasteiger partial charge in [-0.3, -0.25) is 0 Å². The monoisotopic (exact) mass is 195 g/mol. The molecule has 1 unspecified atom stereocenters. The van der Waals surface area contributed by atoms with Crippen molar-refractivity contribution in [3.8, 4) is 0 Å². The summed E-state index contributed by atoms with van der Waals surface area (Å²) in [5, 5.41) is 0. The molecule has 1 heteroatoms. The first-order valence-electron chi connectivity index (χ1n) is 5.25. The van der Waals surface area contributed by atoms with Gasteiger partial charge in [0.25, 0.3) is 0 Å². The smallest absolute Gasteiger partial charge is 0.0625 e. The molecule has 3 rings (SSSR count). The molecule has 0 aromatic heterocycles. The Morgan fingerprint density at radius 1 is 1.13 bits per heavy atom. The van der Waals surface area contributed by atoms with Crippen molar-refractivity contribution in [2.75, 3.05) is 0 Å². The first-order valence-corrected chi connectivity index (χ1v) is 5.25. The van der Waals surface area contributed by atoms with Crippen molar-refractivity contribution >= 4 is 6.08 Å². The van der Waals surface area contributed by atoms with Crippen LogP contribution in [-0.4, -0.2) is 4.90 Å². The predicted octanol–water partition coefficient (Wildman–Crippen LogP) is 3.49. The third-order valence-corrected chi connectivity index (χ3v) is 3.08. The number of fused-ring (bicyclic) bond motifs is 3. The molecular formula is C14H13N. The van der Waals surface area contributed by atoms with Crippen molar-refractivity contribution in [1.82, 2.24) is 4.90 Å². The highest BCUT2D eigenvalue weighted by Crippen LogP contribution is 2.37. The summed E-state index contributed by atoms with van der Waals surface area (Å²) in [5.74, 6) is 0. The second-order valence-corrected chi connectivity index (χ2v) is 4.09. The molecule has 1 nitrogen and oxygen atoms in total. The molecule has 74 valence electrons. The van der Waals surface area contributed by atoms with Crippen LogP contribution in [0.15, 0.2) is 54.9 Å². The summed E-state index contributed by atoms with van der Waals surface area (Å²) in [5.41, 5.74) is 3.95. The largest absolute Gasteiger partial charge is 0.347 e. The molecule has 0 bridgehead atoms. The van der Waals surface area contributed by atoms with Crippen LogP contribution in [0.4, 0.5) is 0 Å². The third-order valence-electron chi connectivity index (χ3n) is 3.08. The van der Waals surface area contributed by atoms with Crippen LogP contribution >= 0.6 is 0 Å². The molecule has 1 aromatic rings. The molecule has 0 amide bonds.